The van der Waals surface area contributed by atoms with E-state index in [4.69, 9.17) is 16.3 Å². The number of aryl methyl sites for hydroxylation is 1. The second-order valence-corrected chi connectivity index (χ2v) is 7.31. The van der Waals surface area contributed by atoms with Crippen LogP contribution in [-0.2, 0) is 13.0 Å². The van der Waals surface area contributed by atoms with E-state index < -0.39 is 0 Å². The molecule has 3 aromatic rings. The highest BCUT2D eigenvalue weighted by atomic mass is 35.5. The summed E-state index contributed by atoms with van der Waals surface area (Å²) in [5.74, 6) is 0.528. The van der Waals surface area contributed by atoms with Crippen LogP contribution >= 0.6 is 22.9 Å². The Kier molecular flexibility index (Phi) is 6.26. The summed E-state index contributed by atoms with van der Waals surface area (Å²) in [5, 5.41) is 6.61. The van der Waals surface area contributed by atoms with Crippen molar-refractivity contribution in [3.8, 4) is 5.75 Å². The predicted octanol–water partition coefficient (Wildman–Crippen LogP) is 4.66. The lowest BCUT2D eigenvalue weighted by molar-refractivity contribution is 0.0953. The van der Waals surface area contributed by atoms with E-state index in [2.05, 4.69) is 10.3 Å². The SMILES string of the molecule is Cc1nc(COc2cccc(C(=O)NCCc3cccc(Cl)c3)c2)cs1. The molecule has 0 saturated carbocycles. The van der Waals surface area contributed by atoms with E-state index in [0.29, 0.717) is 29.5 Å². The molecule has 0 radical (unpaired) electrons. The summed E-state index contributed by atoms with van der Waals surface area (Å²) in [6.07, 6.45) is 0.728. The van der Waals surface area contributed by atoms with Crippen LogP contribution in [0.5, 0.6) is 5.75 Å². The topological polar surface area (TPSA) is 51.2 Å². The standard InChI is InChI=1S/C20H19ClN2O2S/c1-14-23-18(13-26-14)12-25-19-7-3-5-16(11-19)20(24)22-9-8-15-4-2-6-17(21)10-15/h2-7,10-11,13H,8-9,12H2,1H3,(H,22,24). The van der Waals surface area contributed by atoms with E-state index in [1.165, 1.54) is 0 Å². The summed E-state index contributed by atoms with van der Waals surface area (Å²) in [6.45, 7) is 2.90. The Hall–Kier alpha value is -2.37. The van der Waals surface area contributed by atoms with Crippen molar-refractivity contribution in [2.45, 2.75) is 20.0 Å². The number of amides is 1. The minimum Gasteiger partial charge on any atom is -0.487 e. The number of rotatable bonds is 7. The molecule has 2 aromatic carbocycles. The van der Waals surface area contributed by atoms with Gasteiger partial charge in [-0.2, -0.15) is 0 Å². The minimum atomic E-state index is -0.123. The fourth-order valence-corrected chi connectivity index (χ4v) is 3.28. The number of benzene rings is 2. The van der Waals surface area contributed by atoms with Crippen LogP contribution in [0, 0.1) is 6.92 Å². The van der Waals surface area contributed by atoms with Crippen LogP contribution in [0.3, 0.4) is 0 Å². The molecule has 26 heavy (non-hydrogen) atoms. The molecule has 0 atom stereocenters. The van der Waals surface area contributed by atoms with Gasteiger partial charge >= 0.3 is 0 Å². The van der Waals surface area contributed by atoms with Gasteiger partial charge in [0.2, 0.25) is 0 Å². The molecule has 0 aliphatic rings. The van der Waals surface area contributed by atoms with E-state index >= 15 is 0 Å². The number of aromatic nitrogens is 1. The molecule has 0 aliphatic carbocycles. The first-order valence-electron chi connectivity index (χ1n) is 8.27. The van der Waals surface area contributed by atoms with Crippen molar-refractivity contribution in [2.75, 3.05) is 6.54 Å². The molecule has 1 N–H and O–H groups in total. The first kappa shape index (κ1) is 18.4. The van der Waals surface area contributed by atoms with Crippen LogP contribution in [0.4, 0.5) is 0 Å². The van der Waals surface area contributed by atoms with E-state index in [9.17, 15) is 4.79 Å². The van der Waals surface area contributed by atoms with Crippen LogP contribution < -0.4 is 10.1 Å². The molecule has 0 fully saturated rings. The molecule has 3 rings (SSSR count). The Morgan fingerprint density at radius 3 is 2.85 bits per heavy atom. The van der Waals surface area contributed by atoms with Crippen LogP contribution in [0.2, 0.25) is 5.02 Å². The smallest absolute Gasteiger partial charge is 0.251 e. The zero-order valence-corrected chi connectivity index (χ0v) is 15.9. The Morgan fingerprint density at radius 2 is 2.08 bits per heavy atom. The number of thiazole rings is 1. The highest BCUT2D eigenvalue weighted by molar-refractivity contribution is 7.09. The number of carbonyl (C=O) groups is 1. The second-order valence-electron chi connectivity index (χ2n) is 5.81. The summed E-state index contributed by atoms with van der Waals surface area (Å²) in [6, 6.07) is 14.8. The Morgan fingerprint density at radius 1 is 1.23 bits per heavy atom. The van der Waals surface area contributed by atoms with Gasteiger partial charge < -0.3 is 10.1 Å². The summed E-state index contributed by atoms with van der Waals surface area (Å²) in [5.41, 5.74) is 2.56. The summed E-state index contributed by atoms with van der Waals surface area (Å²) >= 11 is 7.56. The van der Waals surface area contributed by atoms with Gasteiger partial charge in [0.1, 0.15) is 12.4 Å². The molecule has 1 heterocycles. The molecule has 6 heteroatoms. The highest BCUT2D eigenvalue weighted by Gasteiger charge is 2.07. The lowest BCUT2D eigenvalue weighted by Crippen LogP contribution is -2.25. The summed E-state index contributed by atoms with van der Waals surface area (Å²) in [7, 11) is 0. The monoisotopic (exact) mass is 386 g/mol. The number of ether oxygens (including phenoxy) is 1. The van der Waals surface area contributed by atoms with E-state index in [1.54, 1.807) is 23.5 Å². The first-order valence-corrected chi connectivity index (χ1v) is 9.52. The molecule has 1 aromatic heterocycles. The summed E-state index contributed by atoms with van der Waals surface area (Å²) in [4.78, 5) is 16.7. The maximum absolute atomic E-state index is 12.3. The molecule has 0 aliphatic heterocycles. The van der Waals surface area contributed by atoms with Crippen LogP contribution in [0.15, 0.2) is 53.9 Å². The van der Waals surface area contributed by atoms with Gasteiger partial charge in [-0.05, 0) is 49.2 Å². The molecule has 4 nitrogen and oxygen atoms in total. The zero-order chi connectivity index (χ0) is 18.4. The summed E-state index contributed by atoms with van der Waals surface area (Å²) < 4.78 is 5.73. The van der Waals surface area contributed by atoms with Gasteiger partial charge in [-0.25, -0.2) is 4.98 Å². The number of nitrogens with one attached hydrogen (secondary N) is 1. The lowest BCUT2D eigenvalue weighted by Gasteiger charge is -2.08. The third-order valence-corrected chi connectivity index (χ3v) is 4.80. The van der Waals surface area contributed by atoms with Gasteiger partial charge in [0.15, 0.2) is 0 Å². The normalized spacial score (nSPS) is 10.5. The van der Waals surface area contributed by atoms with Gasteiger partial charge in [-0.1, -0.05) is 29.8 Å². The fraction of sp³-hybridized carbons (Fsp3) is 0.200. The average Bonchev–Trinajstić information content (AvgIpc) is 3.05. The molecular weight excluding hydrogens is 368 g/mol. The van der Waals surface area contributed by atoms with Gasteiger partial charge in [0.05, 0.1) is 10.7 Å². The molecule has 0 saturated heterocycles. The zero-order valence-electron chi connectivity index (χ0n) is 14.4. The fourth-order valence-electron chi connectivity index (χ4n) is 2.47. The van der Waals surface area contributed by atoms with Crippen molar-refractivity contribution in [3.63, 3.8) is 0 Å². The molecular formula is C20H19ClN2O2S. The number of halogens is 1. The molecule has 0 spiro atoms. The largest absolute Gasteiger partial charge is 0.487 e. The quantitative estimate of drug-likeness (QED) is 0.642. The van der Waals surface area contributed by atoms with Crippen molar-refractivity contribution in [2.24, 2.45) is 0 Å². The number of carbonyl (C=O) groups excluding carboxylic acids is 1. The minimum absolute atomic E-state index is 0.123. The van der Waals surface area contributed by atoms with Crippen molar-refractivity contribution in [1.82, 2.24) is 10.3 Å². The van der Waals surface area contributed by atoms with Crippen LogP contribution in [0.25, 0.3) is 0 Å². The van der Waals surface area contributed by atoms with E-state index in [1.807, 2.05) is 48.7 Å². The van der Waals surface area contributed by atoms with Crippen LogP contribution in [0.1, 0.15) is 26.6 Å². The van der Waals surface area contributed by atoms with Crippen molar-refractivity contribution < 1.29 is 9.53 Å². The van der Waals surface area contributed by atoms with E-state index in [-0.39, 0.29) is 5.91 Å². The van der Waals surface area contributed by atoms with E-state index in [0.717, 1.165) is 22.7 Å². The average molecular weight is 387 g/mol. The third-order valence-electron chi connectivity index (χ3n) is 3.74. The molecule has 0 bridgehead atoms. The van der Waals surface area contributed by atoms with Gasteiger partial charge in [0, 0.05) is 22.5 Å². The lowest BCUT2D eigenvalue weighted by atomic mass is 10.1. The molecule has 0 unspecified atom stereocenters. The Bertz CT molecular complexity index is 895. The van der Waals surface area contributed by atoms with Gasteiger partial charge in [-0.3, -0.25) is 4.79 Å². The van der Waals surface area contributed by atoms with Crippen molar-refractivity contribution in [1.29, 1.82) is 0 Å². The molecule has 1 amide bonds. The second kappa shape index (κ2) is 8.83. The maximum Gasteiger partial charge on any atom is 0.251 e. The Labute approximate surface area is 161 Å². The van der Waals surface area contributed by atoms with Crippen LogP contribution in [-0.4, -0.2) is 17.4 Å². The highest BCUT2D eigenvalue weighted by Crippen LogP contribution is 2.16. The molecule has 134 valence electrons. The van der Waals surface area contributed by atoms with Crippen molar-refractivity contribution in [3.05, 3.63) is 80.8 Å². The van der Waals surface area contributed by atoms with Gasteiger partial charge in [-0.15, -0.1) is 11.3 Å². The third kappa shape index (κ3) is 5.31. The number of hydrogen-bond acceptors (Lipinski definition) is 4. The van der Waals surface area contributed by atoms with Gasteiger partial charge in [0.25, 0.3) is 5.91 Å². The number of hydrogen-bond donors (Lipinski definition) is 1. The predicted molar refractivity (Wildman–Crippen MR) is 105 cm³/mol. The number of nitrogens with zero attached hydrogens (tertiary/aromatic N) is 1. The maximum atomic E-state index is 12.3. The Balaban J connectivity index is 1.52. The first-order chi connectivity index (χ1) is 12.6. The van der Waals surface area contributed by atoms with Crippen molar-refractivity contribution >= 4 is 28.8 Å².